The molecule has 0 aliphatic carbocycles. The Balaban J connectivity index is 1.85. The zero-order valence-electron chi connectivity index (χ0n) is 13.2. The second-order valence-corrected chi connectivity index (χ2v) is 10.2. The van der Waals surface area contributed by atoms with Crippen LogP contribution >= 0.6 is 68.0 Å². The first-order valence-electron chi connectivity index (χ1n) is 7.68. The van der Waals surface area contributed by atoms with Crippen LogP contribution in [0.2, 0.25) is 0 Å². The van der Waals surface area contributed by atoms with E-state index in [4.69, 9.17) is 0 Å². The number of benzene rings is 3. The Labute approximate surface area is 179 Å². The molecule has 0 heterocycles. The summed E-state index contributed by atoms with van der Waals surface area (Å²) in [5.41, 5.74) is 2.56. The van der Waals surface area contributed by atoms with Crippen molar-refractivity contribution >= 4 is 68.0 Å². The minimum Gasteiger partial charge on any atom is -0.175 e. The molecule has 0 radical (unpaired) electrons. The molecule has 0 saturated heterocycles. The van der Waals surface area contributed by atoms with Crippen molar-refractivity contribution in [1.82, 2.24) is 0 Å². The van der Waals surface area contributed by atoms with Crippen molar-refractivity contribution in [2.24, 2.45) is 0 Å². The fourth-order valence-corrected chi connectivity index (χ4v) is 5.48. The molecule has 3 rings (SSSR count). The number of thioether (sulfide) groups is 2. The summed E-state index contributed by atoms with van der Waals surface area (Å²) >= 11 is 15.1. The first-order chi connectivity index (χ1) is 12.1. The Morgan fingerprint density at radius 3 is 1.52 bits per heavy atom. The predicted octanol–water partition coefficient (Wildman–Crippen LogP) is 8.22. The van der Waals surface area contributed by atoms with E-state index in [1.807, 2.05) is 23.5 Å². The quantitative estimate of drug-likeness (QED) is 0.201. The van der Waals surface area contributed by atoms with E-state index < -0.39 is 0 Å². The van der Waals surface area contributed by atoms with E-state index in [1.165, 1.54) is 20.9 Å². The summed E-state index contributed by atoms with van der Waals surface area (Å²) in [4.78, 5) is 2.52. The topological polar surface area (TPSA) is 0 Å². The molecule has 128 valence electrons. The zero-order valence-corrected chi connectivity index (χ0v) is 18.9. The van der Waals surface area contributed by atoms with Crippen molar-refractivity contribution in [1.29, 1.82) is 0 Å². The summed E-state index contributed by atoms with van der Waals surface area (Å²) in [5, 5.41) is 0. The molecular formula is C20H16Br2S3. The molecular weight excluding hydrogens is 496 g/mol. The molecule has 0 saturated carbocycles. The standard InChI is InChI=1S/C20H16Br2S3/c21-16-5-9-18(10-6-16)24-20(15-3-1-14(13-23)2-4-15)25-19-11-7-17(22)8-12-19/h1-12,20,23H,13H2. The molecule has 0 aliphatic heterocycles. The molecule has 5 heteroatoms. The number of hydrogen-bond donors (Lipinski definition) is 1. The molecule has 0 amide bonds. The molecule has 0 N–H and O–H groups in total. The molecule has 0 fully saturated rings. The number of halogens is 2. The van der Waals surface area contributed by atoms with Crippen LogP contribution in [0.1, 0.15) is 15.7 Å². The van der Waals surface area contributed by atoms with Crippen LogP contribution in [0.5, 0.6) is 0 Å². The van der Waals surface area contributed by atoms with Crippen LogP contribution in [0.3, 0.4) is 0 Å². The average Bonchev–Trinajstić information content (AvgIpc) is 2.65. The van der Waals surface area contributed by atoms with Gasteiger partial charge in [0.25, 0.3) is 0 Å². The van der Waals surface area contributed by atoms with E-state index in [0.29, 0.717) is 0 Å². The van der Waals surface area contributed by atoms with Gasteiger partial charge in [0.05, 0.1) is 4.58 Å². The van der Waals surface area contributed by atoms with Crippen LogP contribution in [-0.4, -0.2) is 0 Å². The van der Waals surface area contributed by atoms with Crippen LogP contribution in [0.4, 0.5) is 0 Å². The normalized spacial score (nSPS) is 11.0. The lowest BCUT2D eigenvalue weighted by molar-refractivity contribution is 1.30. The SMILES string of the molecule is SCc1ccc(C(Sc2ccc(Br)cc2)Sc2ccc(Br)cc2)cc1. The van der Waals surface area contributed by atoms with Gasteiger partial charge in [-0.15, -0.1) is 23.5 Å². The summed E-state index contributed by atoms with van der Waals surface area (Å²) in [6.07, 6.45) is 0. The van der Waals surface area contributed by atoms with Gasteiger partial charge in [-0.2, -0.15) is 12.6 Å². The van der Waals surface area contributed by atoms with Gasteiger partial charge < -0.3 is 0 Å². The maximum atomic E-state index is 4.36. The highest BCUT2D eigenvalue weighted by molar-refractivity contribution is 9.10. The largest absolute Gasteiger partial charge is 0.175 e. The minimum atomic E-state index is 0.288. The maximum Gasteiger partial charge on any atom is 0.0845 e. The van der Waals surface area contributed by atoms with Crippen LogP contribution in [0.25, 0.3) is 0 Å². The number of thiol groups is 1. The van der Waals surface area contributed by atoms with E-state index in [-0.39, 0.29) is 4.58 Å². The summed E-state index contributed by atoms with van der Waals surface area (Å²) in [6.45, 7) is 0. The first kappa shape index (κ1) is 19.4. The molecule has 0 aliphatic rings. The number of hydrogen-bond acceptors (Lipinski definition) is 3. The molecule has 0 spiro atoms. The van der Waals surface area contributed by atoms with E-state index in [2.05, 4.69) is 117 Å². The maximum absolute atomic E-state index is 4.36. The van der Waals surface area contributed by atoms with Gasteiger partial charge in [0, 0.05) is 24.5 Å². The molecule has 0 atom stereocenters. The third-order valence-electron chi connectivity index (χ3n) is 3.55. The molecule has 3 aromatic rings. The Hall–Kier alpha value is -0.330. The van der Waals surface area contributed by atoms with Gasteiger partial charge in [0.2, 0.25) is 0 Å². The van der Waals surface area contributed by atoms with Crippen molar-refractivity contribution < 1.29 is 0 Å². The molecule has 3 aromatic carbocycles. The van der Waals surface area contributed by atoms with Crippen molar-refractivity contribution in [2.45, 2.75) is 20.1 Å². The lowest BCUT2D eigenvalue weighted by Crippen LogP contribution is -1.91. The van der Waals surface area contributed by atoms with E-state index in [0.717, 1.165) is 14.7 Å². The van der Waals surface area contributed by atoms with Crippen LogP contribution < -0.4 is 0 Å². The van der Waals surface area contributed by atoms with E-state index >= 15 is 0 Å². The van der Waals surface area contributed by atoms with Crippen molar-refractivity contribution in [3.05, 3.63) is 92.9 Å². The average molecular weight is 512 g/mol. The minimum absolute atomic E-state index is 0.288. The Bertz CT molecular complexity index is 752. The van der Waals surface area contributed by atoms with Crippen molar-refractivity contribution in [3.8, 4) is 0 Å². The lowest BCUT2D eigenvalue weighted by Gasteiger charge is -2.17. The summed E-state index contributed by atoms with van der Waals surface area (Å²) < 4.78 is 2.50. The lowest BCUT2D eigenvalue weighted by atomic mass is 10.2. The zero-order chi connectivity index (χ0) is 17.6. The number of rotatable bonds is 6. The van der Waals surface area contributed by atoms with Gasteiger partial charge in [0.1, 0.15) is 0 Å². The Morgan fingerprint density at radius 1 is 0.680 bits per heavy atom. The van der Waals surface area contributed by atoms with Crippen molar-refractivity contribution in [2.75, 3.05) is 0 Å². The fraction of sp³-hybridized carbons (Fsp3) is 0.100. The third-order valence-corrected chi connectivity index (χ3v) is 7.61. The summed E-state index contributed by atoms with van der Waals surface area (Å²) in [6, 6.07) is 25.8. The fourth-order valence-electron chi connectivity index (χ4n) is 2.21. The van der Waals surface area contributed by atoms with Gasteiger partial charge in [-0.3, -0.25) is 0 Å². The highest BCUT2D eigenvalue weighted by Gasteiger charge is 2.15. The Kier molecular flexibility index (Phi) is 7.43. The summed E-state index contributed by atoms with van der Waals surface area (Å²) in [7, 11) is 0. The molecule has 0 aromatic heterocycles. The smallest absolute Gasteiger partial charge is 0.0845 e. The van der Waals surface area contributed by atoms with Crippen molar-refractivity contribution in [3.63, 3.8) is 0 Å². The van der Waals surface area contributed by atoms with Crippen LogP contribution in [0, 0.1) is 0 Å². The highest BCUT2D eigenvalue weighted by atomic mass is 79.9. The second-order valence-electron chi connectivity index (χ2n) is 5.38. The first-order valence-corrected chi connectivity index (χ1v) is 11.7. The van der Waals surface area contributed by atoms with Gasteiger partial charge in [-0.05, 0) is 59.7 Å². The van der Waals surface area contributed by atoms with Gasteiger partial charge in [-0.25, -0.2) is 0 Å². The summed E-state index contributed by atoms with van der Waals surface area (Å²) in [5.74, 6) is 0.769. The molecule has 25 heavy (non-hydrogen) atoms. The van der Waals surface area contributed by atoms with Crippen LogP contribution in [-0.2, 0) is 5.75 Å². The van der Waals surface area contributed by atoms with Gasteiger partial charge in [-0.1, -0.05) is 56.1 Å². The van der Waals surface area contributed by atoms with E-state index in [1.54, 1.807) is 0 Å². The van der Waals surface area contributed by atoms with Gasteiger partial charge >= 0.3 is 0 Å². The molecule has 0 bridgehead atoms. The predicted molar refractivity (Wildman–Crippen MR) is 122 cm³/mol. The van der Waals surface area contributed by atoms with Crippen LogP contribution in [0.15, 0.2) is 91.5 Å². The third kappa shape index (κ3) is 5.83. The van der Waals surface area contributed by atoms with E-state index in [9.17, 15) is 0 Å². The Morgan fingerprint density at radius 2 is 1.12 bits per heavy atom. The molecule has 0 nitrogen and oxygen atoms in total. The second kappa shape index (κ2) is 9.56. The highest BCUT2D eigenvalue weighted by Crippen LogP contribution is 2.47. The molecule has 0 unspecified atom stereocenters. The monoisotopic (exact) mass is 510 g/mol. The van der Waals surface area contributed by atoms with Gasteiger partial charge in [0.15, 0.2) is 0 Å².